The van der Waals surface area contributed by atoms with Crippen molar-refractivity contribution in [2.75, 3.05) is 13.2 Å². The maximum absolute atomic E-state index is 13.3. The molecule has 3 aromatic carbocycles. The molecule has 0 saturated heterocycles. The first kappa shape index (κ1) is 24.2. The van der Waals surface area contributed by atoms with Crippen LogP contribution in [0, 0.1) is 5.82 Å². The Labute approximate surface area is 205 Å². The molecule has 182 valence electrons. The van der Waals surface area contributed by atoms with Gasteiger partial charge < -0.3 is 20.1 Å². The molecule has 0 bridgehead atoms. The number of rotatable bonds is 10. The molecule has 1 amide bonds. The van der Waals surface area contributed by atoms with Gasteiger partial charge in [-0.15, -0.1) is 0 Å². The number of nitrogens with one attached hydrogen (secondary N) is 2. The standard InChI is InChI=1S/C29H29FN2O3.H2/c1-2-15-35-28-14-11-21(8-7-20-9-12-23(30)13-10-20)16-26(28)29(34)32-24(19-33)17-22-18-31-27-6-4-3-5-25(22)27;/h3-14,16,18,24,31,33H,2,15,17,19H2,1H3,(H,32,34);1H/b8-7+;/t24-;/m0./s1. The quantitative estimate of drug-likeness (QED) is 0.253. The van der Waals surface area contributed by atoms with Crippen LogP contribution in [0.15, 0.2) is 72.9 Å². The lowest BCUT2D eigenvalue weighted by Crippen LogP contribution is -2.39. The Bertz CT molecular complexity index is 1320. The third kappa shape index (κ3) is 6.16. The highest BCUT2D eigenvalue weighted by molar-refractivity contribution is 5.98. The molecule has 0 fully saturated rings. The van der Waals surface area contributed by atoms with Crippen molar-refractivity contribution < 1.29 is 20.5 Å². The lowest BCUT2D eigenvalue weighted by Gasteiger charge is -2.18. The van der Waals surface area contributed by atoms with E-state index in [0.29, 0.717) is 24.3 Å². The summed E-state index contributed by atoms with van der Waals surface area (Å²) in [5.41, 5.74) is 4.10. The highest BCUT2D eigenvalue weighted by atomic mass is 19.1. The van der Waals surface area contributed by atoms with Crippen molar-refractivity contribution in [3.63, 3.8) is 0 Å². The summed E-state index contributed by atoms with van der Waals surface area (Å²) in [4.78, 5) is 16.5. The van der Waals surface area contributed by atoms with E-state index in [4.69, 9.17) is 4.74 Å². The van der Waals surface area contributed by atoms with Crippen molar-refractivity contribution in [1.29, 1.82) is 0 Å². The molecule has 1 atom stereocenters. The average molecular weight is 475 g/mol. The summed E-state index contributed by atoms with van der Waals surface area (Å²) >= 11 is 0. The van der Waals surface area contributed by atoms with E-state index in [1.165, 1.54) is 12.1 Å². The fourth-order valence-corrected chi connectivity index (χ4v) is 3.92. The van der Waals surface area contributed by atoms with E-state index in [1.54, 1.807) is 24.3 Å². The van der Waals surface area contributed by atoms with Crippen molar-refractivity contribution in [3.05, 3.63) is 101 Å². The maximum atomic E-state index is 13.3. The van der Waals surface area contributed by atoms with Crippen LogP contribution in [0.25, 0.3) is 23.1 Å². The van der Waals surface area contributed by atoms with Crippen LogP contribution in [0.1, 0.15) is 41.8 Å². The zero-order chi connectivity index (χ0) is 24.6. The zero-order valence-electron chi connectivity index (χ0n) is 19.6. The van der Waals surface area contributed by atoms with Gasteiger partial charge in [0.25, 0.3) is 5.91 Å². The van der Waals surface area contributed by atoms with E-state index in [0.717, 1.165) is 34.0 Å². The Morgan fingerprint density at radius 1 is 1.11 bits per heavy atom. The van der Waals surface area contributed by atoms with E-state index in [2.05, 4.69) is 10.3 Å². The molecule has 0 spiro atoms. The van der Waals surface area contributed by atoms with Crippen LogP contribution in [0.2, 0.25) is 0 Å². The lowest BCUT2D eigenvalue weighted by atomic mass is 10.0. The molecule has 4 rings (SSSR count). The number of carbonyl (C=O) groups is 1. The molecular weight excluding hydrogens is 443 g/mol. The number of fused-ring (bicyclic) bond motifs is 1. The highest BCUT2D eigenvalue weighted by Gasteiger charge is 2.19. The fourth-order valence-electron chi connectivity index (χ4n) is 3.92. The van der Waals surface area contributed by atoms with Crippen LogP contribution in [0.3, 0.4) is 0 Å². The summed E-state index contributed by atoms with van der Waals surface area (Å²) in [6.45, 7) is 2.30. The van der Waals surface area contributed by atoms with Crippen molar-refractivity contribution in [2.24, 2.45) is 0 Å². The normalized spacial score (nSPS) is 12.2. The molecule has 0 saturated carbocycles. The average Bonchev–Trinajstić information content (AvgIpc) is 3.29. The minimum absolute atomic E-state index is 0. The molecule has 0 aliphatic heterocycles. The van der Waals surface area contributed by atoms with E-state index >= 15 is 0 Å². The van der Waals surface area contributed by atoms with Gasteiger partial charge in [0, 0.05) is 18.5 Å². The number of halogens is 1. The first-order valence-electron chi connectivity index (χ1n) is 11.7. The van der Waals surface area contributed by atoms with Crippen LogP contribution in [-0.2, 0) is 6.42 Å². The molecular formula is C29H31FN2O3. The van der Waals surface area contributed by atoms with Crippen molar-refractivity contribution in [1.82, 2.24) is 10.3 Å². The van der Waals surface area contributed by atoms with E-state index in [1.807, 2.05) is 55.6 Å². The van der Waals surface area contributed by atoms with Gasteiger partial charge in [0.05, 0.1) is 24.8 Å². The van der Waals surface area contributed by atoms with Crippen LogP contribution in [0.4, 0.5) is 4.39 Å². The van der Waals surface area contributed by atoms with Gasteiger partial charge in [0.1, 0.15) is 11.6 Å². The Hall–Kier alpha value is -3.90. The Morgan fingerprint density at radius 2 is 1.86 bits per heavy atom. The number of H-pyrrole nitrogens is 1. The van der Waals surface area contributed by atoms with Crippen LogP contribution in [-0.4, -0.2) is 35.3 Å². The summed E-state index contributed by atoms with van der Waals surface area (Å²) in [6, 6.07) is 19.1. The first-order chi connectivity index (χ1) is 17.1. The Kier molecular flexibility index (Phi) is 7.95. The van der Waals surface area contributed by atoms with Crippen molar-refractivity contribution >= 4 is 29.0 Å². The molecule has 0 radical (unpaired) electrons. The molecule has 0 unspecified atom stereocenters. The molecule has 3 N–H and O–H groups in total. The maximum Gasteiger partial charge on any atom is 0.255 e. The molecule has 6 heteroatoms. The Morgan fingerprint density at radius 3 is 2.63 bits per heavy atom. The fraction of sp³-hybridized carbons (Fsp3) is 0.207. The van der Waals surface area contributed by atoms with Crippen molar-refractivity contribution in [3.8, 4) is 5.75 Å². The van der Waals surface area contributed by atoms with Crippen molar-refractivity contribution in [2.45, 2.75) is 25.8 Å². The molecule has 1 heterocycles. The number of aliphatic hydroxyl groups is 1. The summed E-state index contributed by atoms with van der Waals surface area (Å²) in [6.07, 6.45) is 6.93. The summed E-state index contributed by atoms with van der Waals surface area (Å²) in [5.74, 6) is -0.108. The van der Waals surface area contributed by atoms with Crippen LogP contribution >= 0.6 is 0 Å². The topological polar surface area (TPSA) is 74.3 Å². The number of para-hydroxylation sites is 1. The number of ether oxygens (including phenoxy) is 1. The second kappa shape index (κ2) is 11.5. The van der Waals surface area contributed by atoms with E-state index in [9.17, 15) is 14.3 Å². The second-order valence-electron chi connectivity index (χ2n) is 8.41. The number of aromatic nitrogens is 1. The number of aliphatic hydroxyl groups excluding tert-OH is 1. The third-order valence-corrected chi connectivity index (χ3v) is 5.75. The zero-order valence-corrected chi connectivity index (χ0v) is 19.6. The molecule has 0 aliphatic rings. The van der Waals surface area contributed by atoms with Gasteiger partial charge in [-0.05, 0) is 59.9 Å². The van der Waals surface area contributed by atoms with Gasteiger partial charge >= 0.3 is 0 Å². The van der Waals surface area contributed by atoms with Gasteiger partial charge in [-0.1, -0.05) is 55.5 Å². The minimum Gasteiger partial charge on any atom is -0.493 e. The number of hydrogen-bond acceptors (Lipinski definition) is 3. The monoisotopic (exact) mass is 474 g/mol. The largest absolute Gasteiger partial charge is 0.493 e. The summed E-state index contributed by atoms with van der Waals surface area (Å²) in [5, 5.41) is 14.0. The predicted molar refractivity (Wildman–Crippen MR) is 140 cm³/mol. The number of carbonyl (C=O) groups excluding carboxylic acids is 1. The van der Waals surface area contributed by atoms with Gasteiger partial charge in [-0.3, -0.25) is 4.79 Å². The smallest absolute Gasteiger partial charge is 0.255 e. The minimum atomic E-state index is -0.459. The lowest BCUT2D eigenvalue weighted by molar-refractivity contribution is 0.0912. The molecule has 1 aromatic heterocycles. The summed E-state index contributed by atoms with van der Waals surface area (Å²) < 4.78 is 19.0. The van der Waals surface area contributed by atoms with E-state index in [-0.39, 0.29) is 19.8 Å². The van der Waals surface area contributed by atoms with Crippen LogP contribution < -0.4 is 10.1 Å². The van der Waals surface area contributed by atoms with Gasteiger partial charge in [0.15, 0.2) is 0 Å². The molecule has 5 nitrogen and oxygen atoms in total. The predicted octanol–water partition coefficient (Wildman–Crippen LogP) is 5.85. The second-order valence-corrected chi connectivity index (χ2v) is 8.41. The van der Waals surface area contributed by atoms with Crippen LogP contribution in [0.5, 0.6) is 5.75 Å². The molecule has 35 heavy (non-hydrogen) atoms. The number of benzene rings is 3. The van der Waals surface area contributed by atoms with Gasteiger partial charge in [-0.25, -0.2) is 4.39 Å². The van der Waals surface area contributed by atoms with Gasteiger partial charge in [0.2, 0.25) is 0 Å². The third-order valence-electron chi connectivity index (χ3n) is 5.75. The number of hydrogen-bond donors (Lipinski definition) is 3. The number of aromatic amines is 1. The molecule has 0 aliphatic carbocycles. The highest BCUT2D eigenvalue weighted by Crippen LogP contribution is 2.23. The SMILES string of the molecule is CCCOc1ccc(/C=C/c2ccc(F)cc2)cc1C(=O)N[C@H](CO)Cc1c[nH]c2ccccc12.[HH]. The van der Waals surface area contributed by atoms with E-state index < -0.39 is 6.04 Å². The molecule has 4 aromatic rings. The Balaban J connectivity index is 0.00000361. The summed E-state index contributed by atoms with van der Waals surface area (Å²) in [7, 11) is 0. The van der Waals surface area contributed by atoms with Gasteiger partial charge in [-0.2, -0.15) is 0 Å². The first-order valence-corrected chi connectivity index (χ1v) is 11.7. The number of amides is 1.